The van der Waals surface area contributed by atoms with Crippen LogP contribution < -0.4 is 10.1 Å². The van der Waals surface area contributed by atoms with Crippen molar-refractivity contribution in [3.63, 3.8) is 0 Å². The second-order valence-electron chi connectivity index (χ2n) is 6.97. The van der Waals surface area contributed by atoms with Crippen molar-refractivity contribution in [1.82, 2.24) is 9.97 Å². The Labute approximate surface area is 190 Å². The van der Waals surface area contributed by atoms with E-state index in [1.54, 1.807) is 25.5 Å². The van der Waals surface area contributed by atoms with Crippen LogP contribution in [0, 0.1) is 0 Å². The molecule has 4 rings (SSSR count). The number of carbonyl (C=O) groups is 1. The molecule has 0 bridgehead atoms. The summed E-state index contributed by atoms with van der Waals surface area (Å²) in [6.45, 7) is 0.221. The number of anilines is 1. The summed E-state index contributed by atoms with van der Waals surface area (Å²) in [4.78, 5) is 24.6. The molecule has 0 aliphatic carbocycles. The van der Waals surface area contributed by atoms with E-state index in [1.807, 2.05) is 35.7 Å². The first-order chi connectivity index (χ1) is 15.8. The first-order valence-corrected chi connectivity index (χ1v) is 11.0. The Morgan fingerprint density at radius 2 is 1.81 bits per heavy atom. The normalized spacial score (nSPS) is 11.2. The second-order valence-corrected chi connectivity index (χ2v) is 7.86. The highest BCUT2D eigenvalue weighted by Crippen LogP contribution is 2.29. The fourth-order valence-electron chi connectivity index (χ4n) is 3.20. The quantitative estimate of drug-likeness (QED) is 0.233. The molecule has 0 aliphatic rings. The number of rotatable bonds is 8. The first kappa shape index (κ1) is 21.4. The van der Waals surface area contributed by atoms with Gasteiger partial charge in [0, 0.05) is 30.4 Å². The molecule has 0 saturated carbocycles. The molecule has 160 valence electrons. The molecular formula is C25H22N4O2S. The molecule has 0 fully saturated rings. The Hall–Kier alpha value is -3.84. The van der Waals surface area contributed by atoms with Gasteiger partial charge in [-0.05, 0) is 35.7 Å². The lowest BCUT2D eigenvalue weighted by Crippen LogP contribution is -2.22. The number of ether oxygens (including phenoxy) is 1. The fourth-order valence-corrected chi connectivity index (χ4v) is 3.84. The zero-order valence-electron chi connectivity index (χ0n) is 17.6. The van der Waals surface area contributed by atoms with Crippen LogP contribution in [0.2, 0.25) is 0 Å². The highest BCUT2D eigenvalue weighted by molar-refractivity contribution is 7.13. The number of nitrogens with one attached hydrogen (secondary N) is 1. The van der Waals surface area contributed by atoms with Crippen molar-refractivity contribution in [2.45, 2.75) is 6.42 Å². The topological polar surface area (TPSA) is 76.5 Å². The molecule has 0 amide bonds. The summed E-state index contributed by atoms with van der Waals surface area (Å²) in [5, 5.41) is 5.81. The summed E-state index contributed by atoms with van der Waals surface area (Å²) < 4.78 is 5.93. The van der Waals surface area contributed by atoms with Crippen LogP contribution in [0.25, 0.3) is 10.7 Å². The minimum atomic E-state index is 0.221. The van der Waals surface area contributed by atoms with Crippen molar-refractivity contribution in [3.05, 3.63) is 95.1 Å². The Kier molecular flexibility index (Phi) is 6.99. The van der Waals surface area contributed by atoms with Gasteiger partial charge in [0.1, 0.15) is 28.9 Å². The molecule has 4 aromatic rings. The van der Waals surface area contributed by atoms with Crippen LogP contribution >= 0.6 is 11.3 Å². The largest absolute Gasteiger partial charge is 0.486 e. The molecule has 0 unspecified atom stereocenters. The fraction of sp³-hybridized carbons (Fsp3) is 0.120. The molecule has 0 radical (unpaired) electrons. The van der Waals surface area contributed by atoms with Gasteiger partial charge in [0.2, 0.25) is 0 Å². The van der Waals surface area contributed by atoms with Gasteiger partial charge in [-0.2, -0.15) is 0 Å². The summed E-state index contributed by atoms with van der Waals surface area (Å²) >= 11 is 1.46. The Morgan fingerprint density at radius 3 is 2.50 bits per heavy atom. The number of aldehydes is 1. The van der Waals surface area contributed by atoms with Crippen molar-refractivity contribution >= 4 is 29.1 Å². The molecule has 32 heavy (non-hydrogen) atoms. The third kappa shape index (κ3) is 5.25. The Morgan fingerprint density at radius 1 is 1.03 bits per heavy atom. The van der Waals surface area contributed by atoms with Crippen molar-refractivity contribution < 1.29 is 9.53 Å². The summed E-state index contributed by atoms with van der Waals surface area (Å²) in [5.41, 5.74) is 4.14. The number of amidine groups is 1. The van der Waals surface area contributed by atoms with Gasteiger partial charge in [0.15, 0.2) is 6.29 Å². The van der Waals surface area contributed by atoms with Gasteiger partial charge in [0.05, 0.1) is 5.69 Å². The van der Waals surface area contributed by atoms with E-state index < -0.39 is 0 Å². The highest BCUT2D eigenvalue weighted by atomic mass is 32.1. The molecular weight excluding hydrogens is 420 g/mol. The molecule has 0 spiro atoms. The maximum absolute atomic E-state index is 11.6. The molecule has 6 nitrogen and oxygen atoms in total. The van der Waals surface area contributed by atoms with Gasteiger partial charge in [-0.3, -0.25) is 14.8 Å². The van der Waals surface area contributed by atoms with E-state index in [0.29, 0.717) is 22.8 Å². The molecule has 0 atom stereocenters. The summed E-state index contributed by atoms with van der Waals surface area (Å²) in [6, 6.07) is 20.0. The maximum Gasteiger partial charge on any atom is 0.152 e. The number of carbonyl (C=O) groups excluding carboxylic acids is 1. The number of nitrogens with zero attached hydrogens (tertiary/aromatic N) is 3. The van der Waals surface area contributed by atoms with Crippen LogP contribution in [0.15, 0.2) is 83.4 Å². The summed E-state index contributed by atoms with van der Waals surface area (Å²) in [7, 11) is 1.68. The zero-order valence-corrected chi connectivity index (χ0v) is 18.4. The molecule has 2 aromatic carbocycles. The highest BCUT2D eigenvalue weighted by Gasteiger charge is 2.15. The van der Waals surface area contributed by atoms with E-state index in [1.165, 1.54) is 22.5 Å². The van der Waals surface area contributed by atoms with Gasteiger partial charge in [-0.1, -0.05) is 42.5 Å². The minimum absolute atomic E-state index is 0.221. The van der Waals surface area contributed by atoms with Gasteiger partial charge < -0.3 is 10.1 Å². The predicted molar refractivity (Wildman–Crippen MR) is 129 cm³/mol. The van der Waals surface area contributed by atoms with Crippen LogP contribution in [0.3, 0.4) is 0 Å². The number of hydrogen-bond acceptors (Lipinski definition) is 6. The molecule has 0 aliphatic heterocycles. The van der Waals surface area contributed by atoms with Crippen molar-refractivity contribution in [3.8, 4) is 16.5 Å². The average Bonchev–Trinajstić information content (AvgIpc) is 3.38. The van der Waals surface area contributed by atoms with Gasteiger partial charge in [-0.15, -0.1) is 11.3 Å². The lowest BCUT2D eigenvalue weighted by atomic mass is 10.1. The average molecular weight is 443 g/mol. The number of thiazole rings is 1. The van der Waals surface area contributed by atoms with Crippen LogP contribution in [0.1, 0.15) is 21.5 Å². The van der Waals surface area contributed by atoms with Crippen molar-refractivity contribution in [1.29, 1.82) is 0 Å². The van der Waals surface area contributed by atoms with Crippen LogP contribution in [0.4, 0.5) is 5.69 Å². The predicted octanol–water partition coefficient (Wildman–Crippen LogP) is 5.13. The zero-order chi connectivity index (χ0) is 22.2. The number of pyridine rings is 1. The standard InChI is InChI=1S/C25H22N4O2S/c1-26-22(29-23-20(16-30)11-12-27-24(23)25-28-13-14-32-25)17-31-21-9-7-19(8-10-21)15-18-5-3-2-4-6-18/h2-14,16H,15,17H2,1H3,(H,26,29). The number of benzene rings is 2. The smallest absolute Gasteiger partial charge is 0.152 e. The van der Waals surface area contributed by atoms with E-state index in [4.69, 9.17) is 4.74 Å². The summed E-state index contributed by atoms with van der Waals surface area (Å²) in [6.07, 6.45) is 4.97. The molecule has 7 heteroatoms. The van der Waals surface area contributed by atoms with Crippen LogP contribution in [-0.2, 0) is 6.42 Å². The van der Waals surface area contributed by atoms with Crippen LogP contribution in [0.5, 0.6) is 5.75 Å². The van der Waals surface area contributed by atoms with Gasteiger partial charge in [0.25, 0.3) is 0 Å². The first-order valence-electron chi connectivity index (χ1n) is 10.1. The molecule has 2 heterocycles. The van der Waals surface area contributed by atoms with Gasteiger partial charge >= 0.3 is 0 Å². The van der Waals surface area contributed by atoms with E-state index in [9.17, 15) is 4.79 Å². The molecule has 1 N–H and O–H groups in total. The lowest BCUT2D eigenvalue weighted by Gasteiger charge is -2.15. The van der Waals surface area contributed by atoms with Crippen LogP contribution in [-0.4, -0.2) is 35.7 Å². The summed E-state index contributed by atoms with van der Waals surface area (Å²) in [5.74, 6) is 1.32. The monoisotopic (exact) mass is 442 g/mol. The second kappa shape index (κ2) is 10.5. The van der Waals surface area contributed by atoms with Crippen molar-refractivity contribution in [2.24, 2.45) is 4.99 Å². The third-order valence-corrected chi connectivity index (χ3v) is 5.61. The number of aromatic nitrogens is 2. The third-order valence-electron chi connectivity index (χ3n) is 4.83. The Bertz CT molecular complexity index is 1190. The van der Waals surface area contributed by atoms with Crippen molar-refractivity contribution in [2.75, 3.05) is 19.0 Å². The van der Waals surface area contributed by atoms with E-state index in [2.05, 4.69) is 44.5 Å². The SMILES string of the molecule is CN=C(COc1ccc(Cc2ccccc2)cc1)Nc1c(C=O)ccnc1-c1nccs1. The number of hydrogen-bond donors (Lipinski definition) is 1. The maximum atomic E-state index is 11.6. The minimum Gasteiger partial charge on any atom is -0.486 e. The lowest BCUT2D eigenvalue weighted by molar-refractivity contribution is 0.112. The van der Waals surface area contributed by atoms with E-state index in [0.717, 1.165) is 23.5 Å². The van der Waals surface area contributed by atoms with E-state index in [-0.39, 0.29) is 6.61 Å². The van der Waals surface area contributed by atoms with E-state index >= 15 is 0 Å². The molecule has 2 aromatic heterocycles. The number of aliphatic imine (C=N–C) groups is 1. The Balaban J connectivity index is 1.43. The molecule has 0 saturated heterocycles. The van der Waals surface area contributed by atoms with Gasteiger partial charge in [-0.25, -0.2) is 4.98 Å².